The number of nitrogens with one attached hydrogen (secondary N) is 2. The lowest BCUT2D eigenvalue weighted by Gasteiger charge is -2.32. The Kier molecular flexibility index (Phi) is 9.31. The van der Waals surface area contributed by atoms with Crippen molar-refractivity contribution in [3.05, 3.63) is 89.2 Å². The van der Waals surface area contributed by atoms with Crippen LogP contribution < -0.4 is 15.4 Å². The number of rotatable bonds is 9. The molecule has 0 atom stereocenters. The molecule has 1 aliphatic rings. The molecular weight excluding hydrogens is 497 g/mol. The summed E-state index contributed by atoms with van der Waals surface area (Å²) in [6, 6.07) is 19.0. The van der Waals surface area contributed by atoms with Crippen LogP contribution in [0.4, 0.5) is 15.8 Å². The number of halogens is 1. The van der Waals surface area contributed by atoms with Gasteiger partial charge >= 0.3 is 0 Å². The predicted molar refractivity (Wildman–Crippen MR) is 150 cm³/mol. The minimum Gasteiger partial charge on any atom is -0.481 e. The number of hydrogen-bond donors (Lipinski definition) is 2. The lowest BCUT2D eigenvalue weighted by atomic mass is 9.89. The van der Waals surface area contributed by atoms with E-state index in [4.69, 9.17) is 4.74 Å². The Morgan fingerprint density at radius 2 is 1.67 bits per heavy atom. The molecule has 0 bridgehead atoms. The zero-order chi connectivity index (χ0) is 27.8. The first-order valence-corrected chi connectivity index (χ1v) is 13.3. The van der Waals surface area contributed by atoms with Gasteiger partial charge in [0.25, 0.3) is 11.8 Å². The molecule has 3 amide bonds. The first-order valence-electron chi connectivity index (χ1n) is 13.3. The minimum absolute atomic E-state index is 0.00125. The molecule has 3 aromatic carbocycles. The molecule has 204 valence electrons. The number of anilines is 2. The van der Waals surface area contributed by atoms with E-state index >= 15 is 0 Å². The number of benzene rings is 3. The second kappa shape index (κ2) is 13.0. The summed E-state index contributed by atoms with van der Waals surface area (Å²) in [5.41, 5.74) is 4.02. The van der Waals surface area contributed by atoms with E-state index in [2.05, 4.69) is 10.6 Å². The van der Waals surface area contributed by atoms with Gasteiger partial charge in [-0.2, -0.15) is 0 Å². The van der Waals surface area contributed by atoms with E-state index in [1.807, 2.05) is 49.1 Å². The van der Waals surface area contributed by atoms with Gasteiger partial charge in [0.1, 0.15) is 0 Å². The normalized spacial score (nSPS) is 13.6. The van der Waals surface area contributed by atoms with Gasteiger partial charge in [-0.3, -0.25) is 14.4 Å². The molecule has 0 unspecified atom stereocenters. The van der Waals surface area contributed by atoms with E-state index in [9.17, 15) is 18.8 Å². The van der Waals surface area contributed by atoms with Crippen molar-refractivity contribution < 1.29 is 23.5 Å². The molecule has 1 aliphatic heterocycles. The summed E-state index contributed by atoms with van der Waals surface area (Å²) in [6.45, 7) is 4.88. The van der Waals surface area contributed by atoms with E-state index in [-0.39, 0.29) is 30.1 Å². The quantitative estimate of drug-likeness (QED) is 0.359. The number of amides is 3. The standard InChI is InChI=1S/C31H34FN3O4/c1-3-6-29(36)34-27-14-11-24(19-21(27)2)31(38)35-17-15-23(16-18-35)22-9-12-25(13-10-22)33-30(37)20-39-28-8-5-4-7-26(28)32/h4-5,7-14,19,23H,3,6,15-18,20H2,1-2H3,(H,33,37)(H,34,36). The number of nitrogens with zero attached hydrogens (tertiary/aromatic N) is 1. The second-order valence-corrected chi connectivity index (χ2v) is 9.78. The van der Waals surface area contributed by atoms with E-state index in [0.29, 0.717) is 36.7 Å². The largest absolute Gasteiger partial charge is 0.481 e. The predicted octanol–water partition coefficient (Wildman–Crippen LogP) is 5.91. The van der Waals surface area contributed by atoms with Crippen LogP contribution in [0.25, 0.3) is 0 Å². The summed E-state index contributed by atoms with van der Waals surface area (Å²) in [7, 11) is 0. The zero-order valence-electron chi connectivity index (χ0n) is 22.3. The fraction of sp³-hybridized carbons (Fsp3) is 0.323. The topological polar surface area (TPSA) is 87.7 Å². The zero-order valence-corrected chi connectivity index (χ0v) is 22.3. The summed E-state index contributed by atoms with van der Waals surface area (Å²) < 4.78 is 18.9. The van der Waals surface area contributed by atoms with Crippen molar-refractivity contribution in [1.82, 2.24) is 4.90 Å². The Bertz CT molecular complexity index is 1320. The molecule has 1 heterocycles. The van der Waals surface area contributed by atoms with Gasteiger partial charge in [-0.1, -0.05) is 31.2 Å². The van der Waals surface area contributed by atoms with Crippen LogP contribution in [0.1, 0.15) is 60.0 Å². The van der Waals surface area contributed by atoms with Crippen molar-refractivity contribution in [2.24, 2.45) is 0 Å². The second-order valence-electron chi connectivity index (χ2n) is 9.78. The smallest absolute Gasteiger partial charge is 0.262 e. The Morgan fingerprint density at radius 3 is 2.33 bits per heavy atom. The van der Waals surface area contributed by atoms with Gasteiger partial charge in [0.2, 0.25) is 5.91 Å². The number of para-hydroxylation sites is 1. The molecule has 4 rings (SSSR count). The highest BCUT2D eigenvalue weighted by Crippen LogP contribution is 2.30. The number of ether oxygens (including phenoxy) is 1. The lowest BCUT2D eigenvalue weighted by molar-refractivity contribution is -0.118. The SMILES string of the molecule is CCCC(=O)Nc1ccc(C(=O)N2CCC(c3ccc(NC(=O)COc4ccccc4F)cc3)CC2)cc1C. The van der Waals surface area contributed by atoms with Gasteiger partial charge in [0.05, 0.1) is 0 Å². The number of hydrogen-bond acceptors (Lipinski definition) is 4. The fourth-order valence-corrected chi connectivity index (χ4v) is 4.72. The van der Waals surface area contributed by atoms with Crippen LogP contribution in [0.5, 0.6) is 5.75 Å². The van der Waals surface area contributed by atoms with Crippen LogP contribution in [0.15, 0.2) is 66.7 Å². The van der Waals surface area contributed by atoms with Crippen molar-refractivity contribution in [2.45, 2.75) is 45.4 Å². The molecule has 7 nitrogen and oxygen atoms in total. The average molecular weight is 532 g/mol. The maximum absolute atomic E-state index is 13.6. The summed E-state index contributed by atoms with van der Waals surface area (Å²) in [5, 5.41) is 5.67. The molecule has 0 radical (unpaired) electrons. The van der Waals surface area contributed by atoms with E-state index in [1.165, 1.54) is 12.1 Å². The summed E-state index contributed by atoms with van der Waals surface area (Å²) in [6.07, 6.45) is 2.95. The molecule has 0 spiro atoms. The Hall–Kier alpha value is -4.20. The van der Waals surface area contributed by atoms with E-state index in [0.717, 1.165) is 36.1 Å². The van der Waals surface area contributed by atoms with Gasteiger partial charge < -0.3 is 20.3 Å². The molecule has 0 aliphatic carbocycles. The van der Waals surface area contributed by atoms with Crippen molar-refractivity contribution in [1.29, 1.82) is 0 Å². The highest BCUT2D eigenvalue weighted by Gasteiger charge is 2.25. The van der Waals surface area contributed by atoms with Gasteiger partial charge in [0, 0.05) is 36.4 Å². The molecule has 0 aromatic heterocycles. The van der Waals surface area contributed by atoms with Gasteiger partial charge in [0.15, 0.2) is 18.2 Å². The van der Waals surface area contributed by atoms with Crippen LogP contribution in [0.3, 0.4) is 0 Å². The van der Waals surface area contributed by atoms with E-state index in [1.54, 1.807) is 24.3 Å². The highest BCUT2D eigenvalue weighted by atomic mass is 19.1. The third-order valence-electron chi connectivity index (χ3n) is 6.87. The van der Waals surface area contributed by atoms with Crippen molar-refractivity contribution in [3.8, 4) is 5.75 Å². The van der Waals surface area contributed by atoms with Crippen LogP contribution in [0.2, 0.25) is 0 Å². The van der Waals surface area contributed by atoms with Crippen molar-refractivity contribution in [3.63, 3.8) is 0 Å². The number of carbonyl (C=O) groups is 3. The maximum Gasteiger partial charge on any atom is 0.262 e. The number of aryl methyl sites for hydroxylation is 1. The van der Waals surface area contributed by atoms with Crippen LogP contribution in [0, 0.1) is 12.7 Å². The highest BCUT2D eigenvalue weighted by molar-refractivity contribution is 5.96. The monoisotopic (exact) mass is 531 g/mol. The first kappa shape index (κ1) is 27.8. The summed E-state index contributed by atoms with van der Waals surface area (Å²) in [4.78, 5) is 39.1. The van der Waals surface area contributed by atoms with Gasteiger partial charge in [-0.25, -0.2) is 4.39 Å². The number of piperidine rings is 1. The maximum atomic E-state index is 13.6. The molecule has 0 saturated carbocycles. The van der Waals surface area contributed by atoms with Crippen LogP contribution >= 0.6 is 0 Å². The molecule has 1 fully saturated rings. The summed E-state index contributed by atoms with van der Waals surface area (Å²) >= 11 is 0. The van der Waals surface area contributed by atoms with Gasteiger partial charge in [-0.15, -0.1) is 0 Å². The third kappa shape index (κ3) is 7.44. The average Bonchev–Trinajstić information content (AvgIpc) is 2.94. The Balaban J connectivity index is 1.26. The van der Waals surface area contributed by atoms with Crippen LogP contribution in [-0.2, 0) is 9.59 Å². The molecule has 39 heavy (non-hydrogen) atoms. The van der Waals surface area contributed by atoms with Gasteiger partial charge in [-0.05, 0) is 85.7 Å². The van der Waals surface area contributed by atoms with Crippen LogP contribution in [-0.4, -0.2) is 42.3 Å². The molecule has 2 N–H and O–H groups in total. The van der Waals surface area contributed by atoms with E-state index < -0.39 is 5.82 Å². The van der Waals surface area contributed by atoms with Crippen molar-refractivity contribution in [2.75, 3.05) is 30.3 Å². The first-order chi connectivity index (χ1) is 18.8. The lowest BCUT2D eigenvalue weighted by Crippen LogP contribution is -2.38. The van der Waals surface area contributed by atoms with Crippen molar-refractivity contribution >= 4 is 29.1 Å². The number of likely N-dealkylation sites (tertiary alicyclic amines) is 1. The molecule has 1 saturated heterocycles. The number of carbonyl (C=O) groups excluding carboxylic acids is 3. The third-order valence-corrected chi connectivity index (χ3v) is 6.87. The molecule has 8 heteroatoms. The Labute approximate surface area is 228 Å². The fourth-order valence-electron chi connectivity index (χ4n) is 4.72. The molecular formula is C31H34FN3O4. The minimum atomic E-state index is -0.511. The Morgan fingerprint density at radius 1 is 0.949 bits per heavy atom. The molecule has 3 aromatic rings. The summed E-state index contributed by atoms with van der Waals surface area (Å²) in [5.74, 6) is -0.547.